The molecule has 9 heteroatoms. The standard InChI is InChI=1S/C19H12F3N3O2S/c1-9-5-11(16-13(6-9)25-15(8-23-16)27-19(21)22)18-24-7-14(28-18)10-3-2-4-12(20)17(10)26/h2-8,19,26H,1H3. The average Bonchev–Trinajstić information content (AvgIpc) is 3.12. The van der Waals surface area contributed by atoms with Gasteiger partial charge in [0.2, 0.25) is 5.88 Å². The van der Waals surface area contributed by atoms with E-state index in [1.54, 1.807) is 12.1 Å². The SMILES string of the molecule is Cc1cc(-c2ncc(-c3cccc(F)c3O)s2)c2ncc(OC(F)F)nc2c1. The first kappa shape index (κ1) is 18.2. The summed E-state index contributed by atoms with van der Waals surface area (Å²) in [4.78, 5) is 13.2. The number of rotatable bonds is 4. The van der Waals surface area contributed by atoms with E-state index in [0.717, 1.165) is 11.8 Å². The molecule has 4 aromatic rings. The van der Waals surface area contributed by atoms with Gasteiger partial charge < -0.3 is 9.84 Å². The zero-order valence-electron chi connectivity index (χ0n) is 14.4. The first-order chi connectivity index (χ1) is 13.4. The van der Waals surface area contributed by atoms with E-state index in [1.807, 2.05) is 13.0 Å². The highest BCUT2D eigenvalue weighted by Crippen LogP contribution is 2.39. The van der Waals surface area contributed by atoms with Crippen molar-refractivity contribution >= 4 is 22.4 Å². The van der Waals surface area contributed by atoms with E-state index in [1.165, 1.54) is 29.7 Å². The van der Waals surface area contributed by atoms with Crippen LogP contribution in [0, 0.1) is 12.7 Å². The smallest absolute Gasteiger partial charge is 0.388 e. The minimum atomic E-state index is -2.99. The first-order valence-corrected chi connectivity index (χ1v) is 8.90. The summed E-state index contributed by atoms with van der Waals surface area (Å²) in [6.07, 6.45) is 2.66. The highest BCUT2D eigenvalue weighted by Gasteiger charge is 2.16. The minimum Gasteiger partial charge on any atom is -0.504 e. The van der Waals surface area contributed by atoms with Gasteiger partial charge in [0.15, 0.2) is 11.6 Å². The highest BCUT2D eigenvalue weighted by molar-refractivity contribution is 7.18. The quantitative estimate of drug-likeness (QED) is 0.509. The molecular weight excluding hydrogens is 391 g/mol. The lowest BCUT2D eigenvalue weighted by molar-refractivity contribution is -0.0528. The molecular formula is C19H12F3N3O2S. The maximum atomic E-state index is 13.6. The Hall–Kier alpha value is -3.20. The molecule has 28 heavy (non-hydrogen) atoms. The van der Waals surface area contributed by atoms with E-state index in [9.17, 15) is 18.3 Å². The fourth-order valence-corrected chi connectivity index (χ4v) is 3.76. The normalized spacial score (nSPS) is 11.3. The molecule has 0 amide bonds. The molecule has 0 spiro atoms. The maximum absolute atomic E-state index is 13.6. The van der Waals surface area contributed by atoms with E-state index < -0.39 is 18.2 Å². The van der Waals surface area contributed by atoms with Gasteiger partial charge >= 0.3 is 6.61 Å². The summed E-state index contributed by atoms with van der Waals surface area (Å²) in [5.74, 6) is -1.44. The van der Waals surface area contributed by atoms with Crippen molar-refractivity contribution in [3.8, 4) is 32.6 Å². The third kappa shape index (κ3) is 3.36. The lowest BCUT2D eigenvalue weighted by Crippen LogP contribution is -2.04. The molecule has 0 atom stereocenters. The van der Waals surface area contributed by atoms with Gasteiger partial charge in [0, 0.05) is 17.3 Å². The molecule has 2 aromatic carbocycles. The van der Waals surface area contributed by atoms with Crippen LogP contribution in [0.3, 0.4) is 0 Å². The van der Waals surface area contributed by atoms with E-state index in [-0.39, 0.29) is 5.88 Å². The topological polar surface area (TPSA) is 68.1 Å². The van der Waals surface area contributed by atoms with Crippen LogP contribution in [0.25, 0.3) is 32.0 Å². The van der Waals surface area contributed by atoms with Crippen molar-refractivity contribution in [2.75, 3.05) is 0 Å². The van der Waals surface area contributed by atoms with Crippen LogP contribution in [0.2, 0.25) is 0 Å². The highest BCUT2D eigenvalue weighted by atomic mass is 32.1. The molecule has 0 bridgehead atoms. The Bertz CT molecular complexity index is 1180. The maximum Gasteiger partial charge on any atom is 0.388 e. The summed E-state index contributed by atoms with van der Waals surface area (Å²) in [5.41, 5.74) is 2.67. The molecule has 5 nitrogen and oxygen atoms in total. The van der Waals surface area contributed by atoms with Crippen LogP contribution in [0.1, 0.15) is 5.56 Å². The second-order valence-electron chi connectivity index (χ2n) is 5.93. The number of thiazole rings is 1. The van der Waals surface area contributed by atoms with Gasteiger partial charge in [-0.1, -0.05) is 6.07 Å². The van der Waals surface area contributed by atoms with Crippen molar-refractivity contribution in [3.63, 3.8) is 0 Å². The zero-order valence-corrected chi connectivity index (χ0v) is 15.2. The number of phenols is 1. The number of aryl methyl sites for hydroxylation is 1. The summed E-state index contributed by atoms with van der Waals surface area (Å²) >= 11 is 1.24. The zero-order chi connectivity index (χ0) is 19.8. The Kier molecular flexibility index (Phi) is 4.60. The molecule has 0 radical (unpaired) electrons. The lowest BCUT2D eigenvalue weighted by Gasteiger charge is -2.07. The van der Waals surface area contributed by atoms with E-state index in [0.29, 0.717) is 32.0 Å². The predicted molar refractivity (Wildman–Crippen MR) is 99.1 cm³/mol. The van der Waals surface area contributed by atoms with Crippen LogP contribution >= 0.6 is 11.3 Å². The summed E-state index contributed by atoms with van der Waals surface area (Å²) in [5, 5.41) is 10.5. The van der Waals surface area contributed by atoms with Crippen molar-refractivity contribution in [3.05, 3.63) is 54.1 Å². The largest absolute Gasteiger partial charge is 0.504 e. The molecule has 0 aliphatic carbocycles. The van der Waals surface area contributed by atoms with Crippen LogP contribution in [-0.4, -0.2) is 26.7 Å². The number of fused-ring (bicyclic) bond motifs is 1. The van der Waals surface area contributed by atoms with Gasteiger partial charge in [-0.2, -0.15) is 8.78 Å². The molecule has 0 unspecified atom stereocenters. The number of aromatic hydroxyl groups is 1. The van der Waals surface area contributed by atoms with Crippen LogP contribution in [0.5, 0.6) is 11.6 Å². The second kappa shape index (κ2) is 7.08. The van der Waals surface area contributed by atoms with Gasteiger partial charge in [0.1, 0.15) is 5.01 Å². The number of nitrogens with zero attached hydrogens (tertiary/aromatic N) is 3. The van der Waals surface area contributed by atoms with Gasteiger partial charge in [0.05, 0.1) is 22.1 Å². The summed E-state index contributed by atoms with van der Waals surface area (Å²) in [6.45, 7) is -1.16. The van der Waals surface area contributed by atoms with Gasteiger partial charge in [-0.25, -0.2) is 19.3 Å². The molecule has 0 fully saturated rings. The van der Waals surface area contributed by atoms with Gasteiger partial charge in [-0.3, -0.25) is 0 Å². The number of alkyl halides is 2. The van der Waals surface area contributed by atoms with Gasteiger partial charge in [-0.05, 0) is 36.8 Å². The molecule has 2 aromatic heterocycles. The summed E-state index contributed by atoms with van der Waals surface area (Å²) in [7, 11) is 0. The number of aromatic nitrogens is 3. The molecule has 142 valence electrons. The number of hydrogen-bond donors (Lipinski definition) is 1. The third-order valence-corrected chi connectivity index (χ3v) is 5.03. The van der Waals surface area contributed by atoms with Gasteiger partial charge in [-0.15, -0.1) is 11.3 Å². The van der Waals surface area contributed by atoms with Gasteiger partial charge in [0.25, 0.3) is 0 Å². The fourth-order valence-electron chi connectivity index (χ4n) is 2.80. The monoisotopic (exact) mass is 403 g/mol. The Balaban J connectivity index is 1.81. The first-order valence-electron chi connectivity index (χ1n) is 8.08. The number of benzene rings is 2. The number of para-hydroxylation sites is 1. The van der Waals surface area contributed by atoms with Crippen LogP contribution in [0.4, 0.5) is 13.2 Å². The molecule has 2 heterocycles. The van der Waals surface area contributed by atoms with Crippen molar-refractivity contribution in [2.24, 2.45) is 0 Å². The number of halogens is 3. The number of ether oxygens (including phenoxy) is 1. The van der Waals surface area contributed by atoms with Crippen LogP contribution in [0.15, 0.2) is 42.7 Å². The van der Waals surface area contributed by atoms with E-state index in [2.05, 4.69) is 19.7 Å². The molecule has 1 N–H and O–H groups in total. The number of hydrogen-bond acceptors (Lipinski definition) is 6. The van der Waals surface area contributed by atoms with Crippen molar-refractivity contribution in [1.82, 2.24) is 15.0 Å². The van der Waals surface area contributed by atoms with E-state index in [4.69, 9.17) is 0 Å². The summed E-state index contributed by atoms with van der Waals surface area (Å²) in [6, 6.07) is 7.82. The Labute approximate surface area is 161 Å². The number of phenolic OH excluding ortho intramolecular Hbond substituents is 1. The van der Waals surface area contributed by atoms with Crippen molar-refractivity contribution in [1.29, 1.82) is 0 Å². The Morgan fingerprint density at radius 3 is 2.71 bits per heavy atom. The molecule has 0 aliphatic rings. The summed E-state index contributed by atoms with van der Waals surface area (Å²) < 4.78 is 42.8. The molecule has 0 aliphatic heterocycles. The fraction of sp³-hybridized carbons (Fsp3) is 0.105. The minimum absolute atomic E-state index is 0.274. The molecule has 4 rings (SSSR count). The van der Waals surface area contributed by atoms with Crippen LogP contribution < -0.4 is 4.74 Å². The van der Waals surface area contributed by atoms with Crippen LogP contribution in [-0.2, 0) is 0 Å². The average molecular weight is 403 g/mol. The molecule has 0 saturated heterocycles. The second-order valence-corrected chi connectivity index (χ2v) is 6.96. The molecule has 0 saturated carbocycles. The van der Waals surface area contributed by atoms with Crippen molar-refractivity contribution in [2.45, 2.75) is 13.5 Å². The Morgan fingerprint density at radius 1 is 1.11 bits per heavy atom. The third-order valence-electron chi connectivity index (χ3n) is 3.97. The predicted octanol–water partition coefficient (Wildman–Crippen LogP) is 5.17. The lowest BCUT2D eigenvalue weighted by atomic mass is 10.1. The van der Waals surface area contributed by atoms with E-state index >= 15 is 0 Å². The van der Waals surface area contributed by atoms with Crippen molar-refractivity contribution < 1.29 is 23.0 Å². The Morgan fingerprint density at radius 2 is 1.93 bits per heavy atom.